The Hall–Kier alpha value is -0.120. The molecule has 1 rings (SSSR count). The smallest absolute Gasteiger partial charge is 0.0831 e. The van der Waals surface area contributed by atoms with Gasteiger partial charge in [-0.15, -0.1) is 0 Å². The van der Waals surface area contributed by atoms with Gasteiger partial charge in [-0.1, -0.05) is 0 Å². The van der Waals surface area contributed by atoms with Gasteiger partial charge in [0.25, 0.3) is 0 Å². The summed E-state index contributed by atoms with van der Waals surface area (Å²) in [5.74, 6) is 0. The summed E-state index contributed by atoms with van der Waals surface area (Å²) in [7, 11) is 0. The molecule has 0 spiro atoms. The van der Waals surface area contributed by atoms with Crippen molar-refractivity contribution in [2.24, 2.45) is 0 Å². The first-order chi connectivity index (χ1) is 5.43. The van der Waals surface area contributed by atoms with E-state index in [0.29, 0.717) is 0 Å². The van der Waals surface area contributed by atoms with Crippen molar-refractivity contribution in [3.05, 3.63) is 0 Å². The molecule has 0 amide bonds. The number of rotatable bonds is 4. The number of hydrogen-bond acceptors (Lipinski definition) is 3. The molecule has 1 aliphatic rings. The number of ether oxygens (including phenoxy) is 3. The summed E-state index contributed by atoms with van der Waals surface area (Å²) >= 11 is 0. The third-order valence-corrected chi connectivity index (χ3v) is 1.67. The Balaban J connectivity index is 1.96. The summed E-state index contributed by atoms with van der Waals surface area (Å²) in [5.41, 5.74) is 0. The lowest BCUT2D eigenvalue weighted by molar-refractivity contribution is -0.0968. The monoisotopic (exact) mass is 160 g/mol. The molecule has 1 fully saturated rings. The van der Waals surface area contributed by atoms with Crippen molar-refractivity contribution in [2.45, 2.75) is 19.4 Å². The lowest BCUT2D eigenvalue weighted by Gasteiger charge is -2.22. The van der Waals surface area contributed by atoms with Crippen LogP contribution in [0, 0.1) is 0 Å². The van der Waals surface area contributed by atoms with E-state index in [1.807, 2.05) is 6.92 Å². The zero-order chi connectivity index (χ0) is 7.94. The number of hydrogen-bond donors (Lipinski definition) is 0. The molecule has 0 N–H and O–H groups in total. The fraction of sp³-hybridized carbons (Fsp3) is 1.00. The third kappa shape index (κ3) is 3.70. The molecule has 0 aliphatic carbocycles. The summed E-state index contributed by atoms with van der Waals surface area (Å²) in [5, 5.41) is 0. The van der Waals surface area contributed by atoms with Crippen molar-refractivity contribution >= 4 is 0 Å². The fourth-order valence-corrected chi connectivity index (χ4v) is 1.06. The average molecular weight is 160 g/mol. The summed E-state index contributed by atoms with van der Waals surface area (Å²) in [4.78, 5) is 0. The largest absolute Gasteiger partial charge is 0.382 e. The van der Waals surface area contributed by atoms with E-state index in [4.69, 9.17) is 14.2 Å². The second kappa shape index (κ2) is 5.52. The van der Waals surface area contributed by atoms with Gasteiger partial charge >= 0.3 is 0 Å². The normalized spacial score (nSPS) is 25.4. The molecule has 0 aromatic heterocycles. The van der Waals surface area contributed by atoms with Crippen molar-refractivity contribution < 1.29 is 14.2 Å². The van der Waals surface area contributed by atoms with E-state index in [-0.39, 0.29) is 6.10 Å². The second-order valence-electron chi connectivity index (χ2n) is 2.55. The van der Waals surface area contributed by atoms with Crippen molar-refractivity contribution in [1.29, 1.82) is 0 Å². The SMILES string of the molecule is CCOCCC1COCCO1. The predicted molar refractivity (Wildman–Crippen MR) is 41.7 cm³/mol. The molecule has 0 radical (unpaired) electrons. The van der Waals surface area contributed by atoms with Gasteiger partial charge < -0.3 is 14.2 Å². The summed E-state index contributed by atoms with van der Waals surface area (Å²) in [6, 6.07) is 0. The second-order valence-corrected chi connectivity index (χ2v) is 2.55. The lowest BCUT2D eigenvalue weighted by atomic mass is 10.2. The van der Waals surface area contributed by atoms with E-state index in [1.165, 1.54) is 0 Å². The van der Waals surface area contributed by atoms with Crippen LogP contribution in [0.2, 0.25) is 0 Å². The summed E-state index contributed by atoms with van der Waals surface area (Å²) in [6.45, 7) is 5.77. The molecule has 3 heteroatoms. The first-order valence-corrected chi connectivity index (χ1v) is 4.20. The highest BCUT2D eigenvalue weighted by Crippen LogP contribution is 2.04. The summed E-state index contributed by atoms with van der Waals surface area (Å²) < 4.78 is 15.9. The van der Waals surface area contributed by atoms with E-state index in [0.717, 1.165) is 39.5 Å². The first-order valence-electron chi connectivity index (χ1n) is 4.20. The van der Waals surface area contributed by atoms with E-state index >= 15 is 0 Å². The molecule has 0 aromatic rings. The van der Waals surface area contributed by atoms with E-state index in [2.05, 4.69) is 0 Å². The average Bonchev–Trinajstić information content (AvgIpc) is 2.07. The van der Waals surface area contributed by atoms with Gasteiger partial charge in [-0.25, -0.2) is 0 Å². The van der Waals surface area contributed by atoms with Crippen LogP contribution in [0.25, 0.3) is 0 Å². The van der Waals surface area contributed by atoms with Crippen LogP contribution in [0.4, 0.5) is 0 Å². The molecule has 1 heterocycles. The van der Waals surface area contributed by atoms with Gasteiger partial charge in [0.2, 0.25) is 0 Å². The van der Waals surface area contributed by atoms with Crippen LogP contribution in [-0.4, -0.2) is 39.1 Å². The van der Waals surface area contributed by atoms with Crippen LogP contribution in [0.3, 0.4) is 0 Å². The van der Waals surface area contributed by atoms with Crippen molar-refractivity contribution in [1.82, 2.24) is 0 Å². The highest BCUT2D eigenvalue weighted by molar-refractivity contribution is 4.59. The molecule has 11 heavy (non-hydrogen) atoms. The molecule has 1 saturated heterocycles. The quantitative estimate of drug-likeness (QED) is 0.570. The van der Waals surface area contributed by atoms with Crippen molar-refractivity contribution in [3.63, 3.8) is 0 Å². The Morgan fingerprint density at radius 2 is 2.36 bits per heavy atom. The van der Waals surface area contributed by atoms with Gasteiger partial charge in [-0.05, 0) is 13.3 Å². The topological polar surface area (TPSA) is 27.7 Å². The maximum Gasteiger partial charge on any atom is 0.0831 e. The van der Waals surface area contributed by atoms with Crippen LogP contribution in [0.5, 0.6) is 0 Å². The van der Waals surface area contributed by atoms with Gasteiger partial charge in [0.1, 0.15) is 0 Å². The molecule has 1 atom stereocenters. The Labute approximate surface area is 67.6 Å². The van der Waals surface area contributed by atoms with E-state index < -0.39 is 0 Å². The Bertz CT molecular complexity index is 89.3. The molecule has 66 valence electrons. The fourth-order valence-electron chi connectivity index (χ4n) is 1.06. The molecular weight excluding hydrogens is 144 g/mol. The highest BCUT2D eigenvalue weighted by Gasteiger charge is 2.13. The minimum Gasteiger partial charge on any atom is -0.382 e. The lowest BCUT2D eigenvalue weighted by Crippen LogP contribution is -2.29. The molecule has 0 saturated carbocycles. The molecule has 1 unspecified atom stereocenters. The Morgan fingerprint density at radius 3 is 3.00 bits per heavy atom. The van der Waals surface area contributed by atoms with Crippen molar-refractivity contribution in [2.75, 3.05) is 33.0 Å². The highest BCUT2D eigenvalue weighted by atomic mass is 16.6. The Kier molecular flexibility index (Phi) is 4.50. The van der Waals surface area contributed by atoms with Gasteiger partial charge in [-0.3, -0.25) is 0 Å². The molecule has 1 aliphatic heterocycles. The minimum absolute atomic E-state index is 0.260. The van der Waals surface area contributed by atoms with Crippen LogP contribution < -0.4 is 0 Å². The third-order valence-electron chi connectivity index (χ3n) is 1.67. The van der Waals surface area contributed by atoms with Crippen molar-refractivity contribution in [3.8, 4) is 0 Å². The maximum absolute atomic E-state index is 5.42. The Morgan fingerprint density at radius 1 is 1.45 bits per heavy atom. The van der Waals surface area contributed by atoms with Crippen LogP contribution in [-0.2, 0) is 14.2 Å². The van der Waals surface area contributed by atoms with Crippen LogP contribution in [0.1, 0.15) is 13.3 Å². The first kappa shape index (κ1) is 8.97. The van der Waals surface area contributed by atoms with Gasteiger partial charge in [0, 0.05) is 13.2 Å². The zero-order valence-electron chi connectivity index (χ0n) is 7.04. The predicted octanol–water partition coefficient (Wildman–Crippen LogP) is 0.828. The van der Waals surface area contributed by atoms with Gasteiger partial charge in [-0.2, -0.15) is 0 Å². The van der Waals surface area contributed by atoms with E-state index in [1.54, 1.807) is 0 Å². The standard InChI is InChI=1S/C8H16O3/c1-2-9-4-3-8-7-10-5-6-11-8/h8H,2-7H2,1H3. The zero-order valence-corrected chi connectivity index (χ0v) is 7.04. The van der Waals surface area contributed by atoms with Crippen LogP contribution in [0.15, 0.2) is 0 Å². The summed E-state index contributed by atoms with van der Waals surface area (Å²) in [6.07, 6.45) is 1.21. The van der Waals surface area contributed by atoms with Gasteiger partial charge in [0.05, 0.1) is 25.9 Å². The van der Waals surface area contributed by atoms with Gasteiger partial charge in [0.15, 0.2) is 0 Å². The maximum atomic E-state index is 5.42. The molecular formula is C8H16O3. The molecule has 0 bridgehead atoms. The van der Waals surface area contributed by atoms with E-state index in [9.17, 15) is 0 Å². The minimum atomic E-state index is 0.260. The molecule has 0 aromatic carbocycles. The van der Waals surface area contributed by atoms with Crippen LogP contribution >= 0.6 is 0 Å². The molecule has 3 nitrogen and oxygen atoms in total.